The molecule has 0 saturated carbocycles. The van der Waals surface area contributed by atoms with Crippen LogP contribution >= 0.6 is 11.8 Å². The Labute approximate surface area is 96.1 Å². The predicted octanol–water partition coefficient (Wildman–Crippen LogP) is 2.50. The number of hydrogen-bond donors (Lipinski definition) is 1. The van der Waals surface area contributed by atoms with Gasteiger partial charge in [-0.25, -0.2) is 4.98 Å². The van der Waals surface area contributed by atoms with Crippen LogP contribution in [-0.2, 0) is 0 Å². The summed E-state index contributed by atoms with van der Waals surface area (Å²) >= 11 is 1.52. The smallest absolute Gasteiger partial charge is 0.188 e. The average molecular weight is 228 g/mol. The Morgan fingerprint density at radius 1 is 1.12 bits per heavy atom. The highest BCUT2D eigenvalue weighted by Crippen LogP contribution is 2.25. The summed E-state index contributed by atoms with van der Waals surface area (Å²) in [6, 6.07) is 10.1. The fourth-order valence-electron chi connectivity index (χ4n) is 1.46. The topological polar surface area (TPSA) is 54.5 Å². The van der Waals surface area contributed by atoms with Gasteiger partial charge in [0, 0.05) is 16.5 Å². The van der Waals surface area contributed by atoms with Crippen molar-refractivity contribution in [3.8, 4) is 0 Å². The van der Waals surface area contributed by atoms with Gasteiger partial charge in [-0.3, -0.25) is 10.1 Å². The van der Waals surface area contributed by atoms with E-state index in [2.05, 4.69) is 26.2 Å². The van der Waals surface area contributed by atoms with Crippen LogP contribution in [0, 0.1) is 0 Å². The minimum Gasteiger partial charge on any atom is -0.255 e. The molecule has 0 fully saturated rings. The SMILES string of the molecule is c1ccc2ncc(Sc3ncn[nH]3)cc2c1. The first-order valence-electron chi connectivity index (χ1n) is 4.80. The van der Waals surface area contributed by atoms with Gasteiger partial charge in [0.25, 0.3) is 0 Å². The first-order chi connectivity index (χ1) is 7.92. The standard InChI is InChI=1S/C11H8N4S/c1-2-4-10-8(3-1)5-9(6-12-10)16-11-13-7-14-15-11/h1-7H,(H,13,14,15). The first kappa shape index (κ1) is 9.35. The molecule has 0 spiro atoms. The van der Waals surface area contributed by atoms with E-state index in [1.54, 1.807) is 0 Å². The molecule has 4 nitrogen and oxygen atoms in total. The molecule has 3 rings (SSSR count). The fourth-order valence-corrected chi connectivity index (χ4v) is 2.17. The summed E-state index contributed by atoms with van der Waals surface area (Å²) in [6.07, 6.45) is 3.34. The molecule has 0 atom stereocenters. The summed E-state index contributed by atoms with van der Waals surface area (Å²) in [7, 11) is 0. The van der Waals surface area contributed by atoms with Crippen molar-refractivity contribution in [1.29, 1.82) is 0 Å². The third-order valence-electron chi connectivity index (χ3n) is 2.17. The molecule has 0 aliphatic carbocycles. The maximum atomic E-state index is 4.38. The number of nitrogens with one attached hydrogen (secondary N) is 1. The van der Waals surface area contributed by atoms with Crippen LogP contribution in [0.3, 0.4) is 0 Å². The van der Waals surface area contributed by atoms with Crippen molar-refractivity contribution in [2.45, 2.75) is 10.1 Å². The molecule has 78 valence electrons. The van der Waals surface area contributed by atoms with Crippen molar-refractivity contribution >= 4 is 22.7 Å². The molecule has 0 bridgehead atoms. The molecule has 16 heavy (non-hydrogen) atoms. The van der Waals surface area contributed by atoms with Gasteiger partial charge in [0.2, 0.25) is 0 Å². The normalized spacial score (nSPS) is 10.8. The van der Waals surface area contributed by atoms with Gasteiger partial charge in [-0.2, -0.15) is 5.10 Å². The number of aromatic nitrogens is 4. The van der Waals surface area contributed by atoms with Gasteiger partial charge >= 0.3 is 0 Å². The lowest BCUT2D eigenvalue weighted by Gasteiger charge is -2.00. The van der Waals surface area contributed by atoms with Crippen molar-refractivity contribution in [3.05, 3.63) is 42.9 Å². The Morgan fingerprint density at radius 2 is 2.06 bits per heavy atom. The summed E-state index contributed by atoms with van der Waals surface area (Å²) in [6.45, 7) is 0. The van der Waals surface area contributed by atoms with Crippen molar-refractivity contribution in [1.82, 2.24) is 20.2 Å². The summed E-state index contributed by atoms with van der Waals surface area (Å²) in [5, 5.41) is 8.52. The number of nitrogens with zero attached hydrogens (tertiary/aromatic N) is 3. The molecule has 0 saturated heterocycles. The minimum atomic E-state index is 0.775. The summed E-state index contributed by atoms with van der Waals surface area (Å²) in [5.41, 5.74) is 1.00. The number of para-hydroxylation sites is 1. The fraction of sp³-hybridized carbons (Fsp3) is 0. The Hall–Kier alpha value is -1.88. The number of pyridine rings is 1. The van der Waals surface area contributed by atoms with E-state index >= 15 is 0 Å². The van der Waals surface area contributed by atoms with Gasteiger partial charge in [-0.05, 0) is 23.9 Å². The van der Waals surface area contributed by atoms with E-state index in [-0.39, 0.29) is 0 Å². The van der Waals surface area contributed by atoms with Crippen molar-refractivity contribution in [2.24, 2.45) is 0 Å². The molecule has 0 unspecified atom stereocenters. The van der Waals surface area contributed by atoms with Gasteiger partial charge in [0.05, 0.1) is 5.52 Å². The van der Waals surface area contributed by atoms with E-state index in [9.17, 15) is 0 Å². The van der Waals surface area contributed by atoms with Crippen LogP contribution in [0.15, 0.2) is 52.9 Å². The second-order valence-corrected chi connectivity index (χ2v) is 4.32. The van der Waals surface area contributed by atoms with Crippen LogP contribution in [0.2, 0.25) is 0 Å². The van der Waals surface area contributed by atoms with E-state index in [0.29, 0.717) is 0 Å². The second-order valence-electron chi connectivity index (χ2n) is 3.26. The lowest BCUT2D eigenvalue weighted by molar-refractivity contribution is 0.973. The Bertz CT molecular complexity index is 606. The highest BCUT2D eigenvalue weighted by molar-refractivity contribution is 7.99. The Kier molecular flexibility index (Phi) is 2.30. The molecule has 1 aromatic carbocycles. The van der Waals surface area contributed by atoms with E-state index in [1.165, 1.54) is 18.1 Å². The van der Waals surface area contributed by atoms with Gasteiger partial charge in [0.15, 0.2) is 5.16 Å². The van der Waals surface area contributed by atoms with Crippen LogP contribution in [0.4, 0.5) is 0 Å². The quantitative estimate of drug-likeness (QED) is 0.732. The summed E-state index contributed by atoms with van der Waals surface area (Å²) in [5.74, 6) is 0. The maximum Gasteiger partial charge on any atom is 0.188 e. The number of aromatic amines is 1. The zero-order valence-corrected chi connectivity index (χ0v) is 9.11. The average Bonchev–Trinajstić information content (AvgIpc) is 2.82. The van der Waals surface area contributed by atoms with E-state index in [0.717, 1.165) is 21.0 Å². The molecule has 2 heterocycles. The highest BCUT2D eigenvalue weighted by Gasteiger charge is 2.01. The van der Waals surface area contributed by atoms with Crippen LogP contribution in [0.1, 0.15) is 0 Å². The van der Waals surface area contributed by atoms with E-state index in [1.807, 2.05) is 30.5 Å². The molecule has 0 amide bonds. The second kappa shape index (κ2) is 3.94. The molecule has 2 aromatic heterocycles. The highest BCUT2D eigenvalue weighted by atomic mass is 32.2. The van der Waals surface area contributed by atoms with Gasteiger partial charge in [-0.1, -0.05) is 18.2 Å². The lowest BCUT2D eigenvalue weighted by atomic mass is 10.2. The van der Waals surface area contributed by atoms with E-state index in [4.69, 9.17) is 0 Å². The third kappa shape index (κ3) is 1.77. The number of H-pyrrole nitrogens is 1. The zero-order chi connectivity index (χ0) is 10.8. The molecule has 3 aromatic rings. The molecular weight excluding hydrogens is 220 g/mol. The van der Waals surface area contributed by atoms with Crippen molar-refractivity contribution < 1.29 is 0 Å². The molecular formula is C11H8N4S. The number of fused-ring (bicyclic) bond motifs is 1. The van der Waals surface area contributed by atoms with Crippen LogP contribution < -0.4 is 0 Å². The molecule has 0 aliphatic heterocycles. The number of hydrogen-bond acceptors (Lipinski definition) is 4. The molecule has 1 N–H and O–H groups in total. The minimum absolute atomic E-state index is 0.775. The van der Waals surface area contributed by atoms with Crippen LogP contribution in [0.5, 0.6) is 0 Å². The van der Waals surface area contributed by atoms with Crippen molar-refractivity contribution in [2.75, 3.05) is 0 Å². The third-order valence-corrected chi connectivity index (χ3v) is 3.02. The summed E-state index contributed by atoms with van der Waals surface area (Å²) in [4.78, 5) is 9.49. The summed E-state index contributed by atoms with van der Waals surface area (Å²) < 4.78 is 0. The molecule has 5 heteroatoms. The van der Waals surface area contributed by atoms with Crippen LogP contribution in [-0.4, -0.2) is 20.2 Å². The largest absolute Gasteiger partial charge is 0.255 e. The number of benzene rings is 1. The maximum absolute atomic E-state index is 4.38. The monoisotopic (exact) mass is 228 g/mol. The Balaban J connectivity index is 1.99. The van der Waals surface area contributed by atoms with Gasteiger partial charge in [0.1, 0.15) is 6.33 Å². The lowest BCUT2D eigenvalue weighted by Crippen LogP contribution is -1.81. The van der Waals surface area contributed by atoms with E-state index < -0.39 is 0 Å². The van der Waals surface area contributed by atoms with Gasteiger partial charge in [-0.15, -0.1) is 0 Å². The predicted molar refractivity (Wildman–Crippen MR) is 62.2 cm³/mol. The first-order valence-corrected chi connectivity index (χ1v) is 5.61. The zero-order valence-electron chi connectivity index (χ0n) is 8.29. The Morgan fingerprint density at radius 3 is 2.94 bits per heavy atom. The molecule has 0 aliphatic rings. The number of rotatable bonds is 2. The van der Waals surface area contributed by atoms with Crippen molar-refractivity contribution in [3.63, 3.8) is 0 Å². The van der Waals surface area contributed by atoms with Crippen LogP contribution in [0.25, 0.3) is 10.9 Å². The molecule has 0 radical (unpaired) electrons. The van der Waals surface area contributed by atoms with Gasteiger partial charge < -0.3 is 0 Å².